The molecule has 2 rings (SSSR count). The number of aromatic nitrogens is 2. The first-order valence-corrected chi connectivity index (χ1v) is 7.60. The van der Waals surface area contributed by atoms with Gasteiger partial charge in [-0.3, -0.25) is 5.10 Å². The second-order valence-corrected chi connectivity index (χ2v) is 5.67. The third kappa shape index (κ3) is 3.93. The van der Waals surface area contributed by atoms with Gasteiger partial charge in [-0.05, 0) is 25.8 Å². The molecule has 0 radical (unpaired) electrons. The van der Waals surface area contributed by atoms with Gasteiger partial charge in [-0.15, -0.1) is 0 Å². The SMILES string of the molecule is CCC(O)(CC)CNCc1cn[nH]c1-c1cccc(C)c1. The number of aliphatic hydroxyl groups is 1. The van der Waals surface area contributed by atoms with Gasteiger partial charge in [0.2, 0.25) is 0 Å². The lowest BCUT2D eigenvalue weighted by Crippen LogP contribution is -2.39. The number of hydrogen-bond donors (Lipinski definition) is 3. The highest BCUT2D eigenvalue weighted by molar-refractivity contribution is 5.63. The Labute approximate surface area is 126 Å². The summed E-state index contributed by atoms with van der Waals surface area (Å²) in [5, 5.41) is 20.9. The lowest BCUT2D eigenvalue weighted by Gasteiger charge is -2.25. The van der Waals surface area contributed by atoms with E-state index in [-0.39, 0.29) is 0 Å². The van der Waals surface area contributed by atoms with Crippen LogP contribution in [0.1, 0.15) is 37.8 Å². The fourth-order valence-corrected chi connectivity index (χ4v) is 2.43. The van der Waals surface area contributed by atoms with Gasteiger partial charge in [0.1, 0.15) is 0 Å². The average Bonchev–Trinajstić information content (AvgIpc) is 2.95. The summed E-state index contributed by atoms with van der Waals surface area (Å²) in [6.45, 7) is 7.41. The number of hydrogen-bond acceptors (Lipinski definition) is 3. The van der Waals surface area contributed by atoms with Crippen LogP contribution < -0.4 is 5.32 Å². The Morgan fingerprint density at radius 3 is 2.71 bits per heavy atom. The Kier molecular flexibility index (Phi) is 5.15. The quantitative estimate of drug-likeness (QED) is 0.733. The van der Waals surface area contributed by atoms with Crippen molar-refractivity contribution in [3.63, 3.8) is 0 Å². The maximum absolute atomic E-state index is 10.3. The molecule has 2 aromatic rings. The first-order valence-electron chi connectivity index (χ1n) is 7.60. The van der Waals surface area contributed by atoms with E-state index in [4.69, 9.17) is 0 Å². The second-order valence-electron chi connectivity index (χ2n) is 5.67. The largest absolute Gasteiger partial charge is 0.389 e. The van der Waals surface area contributed by atoms with Gasteiger partial charge in [0.25, 0.3) is 0 Å². The summed E-state index contributed by atoms with van der Waals surface area (Å²) >= 11 is 0. The monoisotopic (exact) mass is 287 g/mol. The molecule has 0 bridgehead atoms. The highest BCUT2D eigenvalue weighted by Crippen LogP contribution is 2.22. The molecule has 0 unspecified atom stereocenters. The number of nitrogens with one attached hydrogen (secondary N) is 2. The third-order valence-corrected chi connectivity index (χ3v) is 4.11. The Morgan fingerprint density at radius 1 is 1.29 bits per heavy atom. The number of nitrogens with zero attached hydrogens (tertiary/aromatic N) is 1. The van der Waals surface area contributed by atoms with Crippen LogP contribution in [0, 0.1) is 6.92 Å². The Morgan fingerprint density at radius 2 is 2.05 bits per heavy atom. The molecule has 1 heterocycles. The molecule has 0 spiro atoms. The van der Waals surface area contributed by atoms with E-state index in [1.54, 1.807) is 0 Å². The van der Waals surface area contributed by atoms with E-state index in [1.165, 1.54) is 5.56 Å². The van der Waals surface area contributed by atoms with Gasteiger partial charge in [-0.25, -0.2) is 0 Å². The number of benzene rings is 1. The lowest BCUT2D eigenvalue weighted by molar-refractivity contribution is 0.0323. The molecular formula is C17H25N3O. The van der Waals surface area contributed by atoms with Gasteiger partial charge >= 0.3 is 0 Å². The van der Waals surface area contributed by atoms with Crippen LogP contribution in [0.2, 0.25) is 0 Å². The van der Waals surface area contributed by atoms with Crippen LogP contribution in [0.25, 0.3) is 11.3 Å². The predicted octanol–water partition coefficient (Wildman–Crippen LogP) is 3.03. The van der Waals surface area contributed by atoms with E-state index >= 15 is 0 Å². The van der Waals surface area contributed by atoms with E-state index in [2.05, 4.69) is 46.7 Å². The van der Waals surface area contributed by atoms with Crippen molar-refractivity contribution in [2.75, 3.05) is 6.54 Å². The number of aromatic amines is 1. The first-order chi connectivity index (χ1) is 10.1. The third-order valence-electron chi connectivity index (χ3n) is 4.11. The lowest BCUT2D eigenvalue weighted by atomic mass is 9.97. The van der Waals surface area contributed by atoms with E-state index in [9.17, 15) is 5.11 Å². The highest BCUT2D eigenvalue weighted by Gasteiger charge is 2.21. The van der Waals surface area contributed by atoms with Crippen molar-refractivity contribution in [3.05, 3.63) is 41.6 Å². The molecule has 1 aromatic carbocycles. The standard InChI is InChI=1S/C17H25N3O/c1-4-17(21,5-2)12-18-10-15-11-19-20-16(15)14-8-6-7-13(3)9-14/h6-9,11,18,21H,4-5,10,12H2,1-3H3,(H,19,20). The van der Waals surface area contributed by atoms with Crippen molar-refractivity contribution >= 4 is 0 Å². The van der Waals surface area contributed by atoms with Crippen molar-refractivity contribution < 1.29 is 5.11 Å². The molecule has 21 heavy (non-hydrogen) atoms. The molecule has 0 aliphatic heterocycles. The summed E-state index contributed by atoms with van der Waals surface area (Å²) in [6, 6.07) is 8.36. The summed E-state index contributed by atoms with van der Waals surface area (Å²) in [5.41, 5.74) is 3.92. The molecule has 1 aromatic heterocycles. The van der Waals surface area contributed by atoms with Gasteiger partial charge in [-0.1, -0.05) is 37.6 Å². The van der Waals surface area contributed by atoms with Gasteiger partial charge < -0.3 is 10.4 Å². The zero-order valence-electron chi connectivity index (χ0n) is 13.1. The molecule has 114 valence electrons. The van der Waals surface area contributed by atoms with E-state index < -0.39 is 5.60 Å². The maximum Gasteiger partial charge on any atom is 0.0766 e. The minimum Gasteiger partial charge on any atom is -0.389 e. The normalized spacial score (nSPS) is 11.8. The summed E-state index contributed by atoms with van der Waals surface area (Å²) in [5.74, 6) is 0. The fraction of sp³-hybridized carbons (Fsp3) is 0.471. The average molecular weight is 287 g/mol. The number of aryl methyl sites for hydroxylation is 1. The summed E-state index contributed by atoms with van der Waals surface area (Å²) in [6.07, 6.45) is 3.36. The molecule has 0 fully saturated rings. The number of H-pyrrole nitrogens is 1. The minimum absolute atomic E-state index is 0.596. The van der Waals surface area contributed by atoms with Crippen molar-refractivity contribution in [3.8, 4) is 11.3 Å². The fourth-order valence-electron chi connectivity index (χ4n) is 2.43. The predicted molar refractivity (Wildman–Crippen MR) is 86.0 cm³/mol. The summed E-state index contributed by atoms with van der Waals surface area (Å²) in [4.78, 5) is 0. The Bertz CT molecular complexity index is 573. The smallest absolute Gasteiger partial charge is 0.0766 e. The molecule has 0 saturated carbocycles. The van der Waals surface area contributed by atoms with Gasteiger partial charge in [0.15, 0.2) is 0 Å². The van der Waals surface area contributed by atoms with Crippen LogP contribution in [0.4, 0.5) is 0 Å². The molecule has 4 heteroatoms. The van der Waals surface area contributed by atoms with Crippen molar-refractivity contribution in [2.24, 2.45) is 0 Å². The second kappa shape index (κ2) is 6.87. The van der Waals surface area contributed by atoms with Crippen LogP contribution in [0.5, 0.6) is 0 Å². The molecular weight excluding hydrogens is 262 g/mol. The molecule has 0 aliphatic carbocycles. The van der Waals surface area contributed by atoms with Crippen LogP contribution in [-0.2, 0) is 6.54 Å². The van der Waals surface area contributed by atoms with Crippen LogP contribution in [0.3, 0.4) is 0 Å². The van der Waals surface area contributed by atoms with Gasteiger partial charge in [0.05, 0.1) is 17.5 Å². The summed E-state index contributed by atoms with van der Waals surface area (Å²) in [7, 11) is 0. The maximum atomic E-state index is 10.3. The van der Waals surface area contributed by atoms with Crippen LogP contribution >= 0.6 is 0 Å². The van der Waals surface area contributed by atoms with E-state index in [0.717, 1.165) is 29.7 Å². The molecule has 0 atom stereocenters. The van der Waals surface area contributed by atoms with Gasteiger partial charge in [-0.2, -0.15) is 5.10 Å². The molecule has 3 N–H and O–H groups in total. The molecule has 4 nitrogen and oxygen atoms in total. The van der Waals surface area contributed by atoms with Crippen LogP contribution in [-0.4, -0.2) is 27.4 Å². The van der Waals surface area contributed by atoms with E-state index in [0.29, 0.717) is 13.1 Å². The first kappa shape index (κ1) is 15.7. The Balaban J connectivity index is 2.05. The number of rotatable bonds is 7. The van der Waals surface area contributed by atoms with Crippen molar-refractivity contribution in [1.29, 1.82) is 0 Å². The minimum atomic E-state index is -0.618. The molecule has 0 amide bonds. The van der Waals surface area contributed by atoms with E-state index in [1.807, 2.05) is 20.0 Å². The summed E-state index contributed by atoms with van der Waals surface area (Å²) < 4.78 is 0. The Hall–Kier alpha value is -1.65. The van der Waals surface area contributed by atoms with Gasteiger partial charge in [0, 0.05) is 24.2 Å². The van der Waals surface area contributed by atoms with Crippen molar-refractivity contribution in [1.82, 2.24) is 15.5 Å². The van der Waals surface area contributed by atoms with Crippen LogP contribution in [0.15, 0.2) is 30.5 Å². The molecule has 0 saturated heterocycles. The van der Waals surface area contributed by atoms with Crippen molar-refractivity contribution in [2.45, 2.75) is 45.8 Å². The topological polar surface area (TPSA) is 60.9 Å². The molecule has 0 aliphatic rings. The highest BCUT2D eigenvalue weighted by atomic mass is 16.3. The zero-order valence-corrected chi connectivity index (χ0v) is 13.1. The zero-order chi connectivity index (χ0) is 15.3.